The number of nitrogens with one attached hydrogen (secondary N) is 1. The van der Waals surface area contributed by atoms with Gasteiger partial charge in [0.15, 0.2) is 6.04 Å². The van der Waals surface area contributed by atoms with Crippen molar-refractivity contribution in [1.29, 1.82) is 0 Å². The lowest BCUT2D eigenvalue weighted by Gasteiger charge is -2.18. The first-order valence-electron chi connectivity index (χ1n) is 26.2. The average molecular weight is 916 g/mol. The molecule has 372 valence electrons. The smallest absolute Gasteiger partial charge is 0.472 e. The summed E-state index contributed by atoms with van der Waals surface area (Å²) in [4.78, 5) is 46.1. The van der Waals surface area contributed by atoms with Crippen LogP contribution in [0.1, 0.15) is 264 Å². The fraction of sp³-hybridized carbons (Fsp3) is 0.902. The van der Waals surface area contributed by atoms with Crippen molar-refractivity contribution in [2.24, 2.45) is 0 Å². The van der Waals surface area contributed by atoms with Crippen LogP contribution in [-0.2, 0) is 32.7 Å². The van der Waals surface area contributed by atoms with Gasteiger partial charge in [-0.2, -0.15) is 0 Å². The van der Waals surface area contributed by atoms with E-state index in [4.69, 9.17) is 13.8 Å². The number of rotatable bonds is 50. The van der Waals surface area contributed by atoms with Crippen molar-refractivity contribution in [3.8, 4) is 0 Å². The maximum atomic E-state index is 12.4. The van der Waals surface area contributed by atoms with Crippen molar-refractivity contribution in [2.45, 2.75) is 276 Å². The number of hydrogen-bond acceptors (Lipinski definition) is 8. The number of unbranched alkanes of at least 4 members (excludes halogenated alkanes) is 34. The highest BCUT2D eigenvalue weighted by atomic mass is 31.2. The lowest BCUT2D eigenvalue weighted by Crippen LogP contribution is -2.43. The number of allylic oxidation sites excluding steroid dienone is 2. The minimum Gasteiger partial charge on any atom is -0.480 e. The van der Waals surface area contributed by atoms with Crippen molar-refractivity contribution in [3.05, 3.63) is 12.2 Å². The topological polar surface area (TPSA) is 169 Å². The van der Waals surface area contributed by atoms with Gasteiger partial charge in [-0.15, -0.1) is 0 Å². The van der Waals surface area contributed by atoms with E-state index in [9.17, 15) is 34.1 Å². The second kappa shape index (κ2) is 46.7. The number of carboxylic acid groups (broad SMARTS) is 1. The maximum Gasteiger partial charge on any atom is 0.472 e. The van der Waals surface area contributed by atoms with Crippen LogP contribution in [0.5, 0.6) is 0 Å². The third-order valence-electron chi connectivity index (χ3n) is 11.8. The van der Waals surface area contributed by atoms with Crippen LogP contribution in [0, 0.1) is 0 Å². The van der Waals surface area contributed by atoms with Crippen molar-refractivity contribution < 1.29 is 47.8 Å². The summed E-state index contributed by atoms with van der Waals surface area (Å²) in [6.07, 6.45) is 49.5. The molecule has 0 spiro atoms. The Morgan fingerprint density at radius 1 is 0.492 bits per heavy atom. The molecular weight excluding hydrogens is 818 g/mol. The van der Waals surface area contributed by atoms with Crippen LogP contribution in [0.2, 0.25) is 0 Å². The van der Waals surface area contributed by atoms with Crippen molar-refractivity contribution in [3.63, 3.8) is 0 Å². The number of aliphatic carboxylic acids is 1. The Morgan fingerprint density at radius 3 is 1.21 bits per heavy atom. The molecule has 0 bridgehead atoms. The van der Waals surface area contributed by atoms with Gasteiger partial charge in [-0.25, -0.2) is 9.36 Å². The second-order valence-electron chi connectivity index (χ2n) is 18.1. The summed E-state index contributed by atoms with van der Waals surface area (Å²) < 4.78 is 27.0. The van der Waals surface area contributed by atoms with Crippen LogP contribution in [0.3, 0.4) is 0 Å². The van der Waals surface area contributed by atoms with Gasteiger partial charge in [0.25, 0.3) is 0 Å². The number of carbonyl (C=O) groups excluding carboxylic acids is 2. The fourth-order valence-corrected chi connectivity index (χ4v) is 8.50. The molecule has 0 aliphatic heterocycles. The zero-order valence-corrected chi connectivity index (χ0v) is 41.5. The number of aliphatic hydroxyl groups is 1. The molecule has 0 aromatic rings. The quantitative estimate of drug-likeness (QED) is 0.0199. The molecule has 63 heavy (non-hydrogen) atoms. The molecule has 0 heterocycles. The van der Waals surface area contributed by atoms with E-state index in [2.05, 4.69) is 31.3 Å². The van der Waals surface area contributed by atoms with E-state index < -0.39 is 57.6 Å². The first-order valence-corrected chi connectivity index (χ1v) is 27.7. The van der Waals surface area contributed by atoms with Crippen LogP contribution in [0.15, 0.2) is 12.2 Å². The number of phosphoric ester groups is 1. The van der Waals surface area contributed by atoms with E-state index >= 15 is 0 Å². The predicted octanol–water partition coefficient (Wildman–Crippen LogP) is 14.4. The third-order valence-corrected chi connectivity index (χ3v) is 12.8. The molecule has 0 aliphatic rings. The molecular formula is C51H98NO10P. The summed E-state index contributed by atoms with van der Waals surface area (Å²) in [6.45, 7) is 2.65. The molecule has 0 aromatic carbocycles. The number of hydrogen-bond donors (Lipinski definition) is 4. The molecule has 12 heteroatoms. The number of carboxylic acids is 1. The van der Waals surface area contributed by atoms with Crippen molar-refractivity contribution in [2.75, 3.05) is 19.8 Å². The number of amides is 1. The normalized spacial score (nSPS) is 13.6. The first kappa shape index (κ1) is 61.2. The van der Waals surface area contributed by atoms with Gasteiger partial charge in [0.05, 0.1) is 13.2 Å². The third kappa shape index (κ3) is 46.5. The van der Waals surface area contributed by atoms with Crippen LogP contribution in [0.4, 0.5) is 0 Å². The van der Waals surface area contributed by atoms with Crippen LogP contribution in [-0.4, -0.2) is 64.9 Å². The van der Waals surface area contributed by atoms with E-state index in [-0.39, 0.29) is 12.8 Å². The van der Waals surface area contributed by atoms with Gasteiger partial charge < -0.3 is 25.2 Å². The molecule has 0 radical (unpaired) electrons. The standard InChI is InChI=1S/C51H98NO10P/c1-3-5-7-9-11-13-15-17-19-21-23-24-25-26-28-30-32-34-36-38-40-42-49(54)52-48(51(56)57)46-62-63(58,59)61-45-47(53)44-60-50(55)43-41-39-37-35-33-31-29-27-22-20-18-16-14-12-10-8-6-4-2/h17,19,47-48,53H,3-16,18,20-46H2,1-2H3,(H,52,54)(H,56,57)(H,58,59)/b19-17+. The molecule has 0 aliphatic carbocycles. The molecule has 0 saturated heterocycles. The molecule has 0 fully saturated rings. The van der Waals surface area contributed by atoms with Gasteiger partial charge in [-0.1, -0.05) is 225 Å². The number of phosphoric acid groups is 1. The lowest BCUT2D eigenvalue weighted by molar-refractivity contribution is -0.147. The Kier molecular flexibility index (Phi) is 45.4. The Balaban J connectivity index is 3.79. The molecule has 3 unspecified atom stereocenters. The largest absolute Gasteiger partial charge is 0.480 e. The summed E-state index contributed by atoms with van der Waals surface area (Å²) in [5.74, 6) is -2.35. The van der Waals surface area contributed by atoms with Gasteiger partial charge in [0.1, 0.15) is 12.7 Å². The number of aliphatic hydroxyl groups excluding tert-OH is 1. The average Bonchev–Trinajstić information content (AvgIpc) is 3.26. The van der Waals surface area contributed by atoms with E-state index in [1.165, 1.54) is 186 Å². The van der Waals surface area contributed by atoms with Gasteiger partial charge in [0, 0.05) is 12.8 Å². The first-order chi connectivity index (χ1) is 30.6. The monoisotopic (exact) mass is 916 g/mol. The van der Waals surface area contributed by atoms with Gasteiger partial charge in [0.2, 0.25) is 5.91 Å². The zero-order valence-electron chi connectivity index (χ0n) is 40.7. The van der Waals surface area contributed by atoms with Crippen LogP contribution in [0.25, 0.3) is 0 Å². The van der Waals surface area contributed by atoms with Gasteiger partial charge >= 0.3 is 19.8 Å². The summed E-state index contributed by atoms with van der Waals surface area (Å²) in [5.41, 5.74) is 0. The van der Waals surface area contributed by atoms with E-state index in [1.807, 2.05) is 0 Å². The SMILES string of the molecule is CCCCCCCC/C=C/CCCCCCCCCCCCCC(=O)NC(COP(=O)(O)OCC(O)COC(=O)CCCCCCCCCCCCCCCCCCCC)C(=O)O. The molecule has 1 amide bonds. The molecule has 0 saturated carbocycles. The van der Waals surface area contributed by atoms with Crippen molar-refractivity contribution in [1.82, 2.24) is 5.32 Å². The summed E-state index contributed by atoms with van der Waals surface area (Å²) in [6, 6.07) is -1.54. The Morgan fingerprint density at radius 2 is 0.825 bits per heavy atom. The molecule has 0 rings (SSSR count). The summed E-state index contributed by atoms with van der Waals surface area (Å²) in [5, 5.41) is 21.9. The minimum absolute atomic E-state index is 0.149. The highest BCUT2D eigenvalue weighted by Crippen LogP contribution is 2.43. The lowest BCUT2D eigenvalue weighted by atomic mass is 10.0. The Bertz CT molecular complexity index is 1120. The Labute approximate surface area is 386 Å². The number of ether oxygens (including phenoxy) is 1. The predicted molar refractivity (Wildman–Crippen MR) is 259 cm³/mol. The molecule has 11 nitrogen and oxygen atoms in total. The minimum atomic E-state index is -4.76. The number of esters is 1. The molecule has 4 N–H and O–H groups in total. The molecule has 3 atom stereocenters. The zero-order chi connectivity index (χ0) is 46.3. The van der Waals surface area contributed by atoms with Gasteiger partial charge in [-0.05, 0) is 38.5 Å². The van der Waals surface area contributed by atoms with E-state index in [0.29, 0.717) is 12.8 Å². The second-order valence-corrected chi connectivity index (χ2v) is 19.5. The summed E-state index contributed by atoms with van der Waals surface area (Å²) in [7, 11) is -4.76. The maximum absolute atomic E-state index is 12.4. The van der Waals surface area contributed by atoms with E-state index in [0.717, 1.165) is 38.5 Å². The van der Waals surface area contributed by atoms with Crippen LogP contribution >= 0.6 is 7.82 Å². The summed E-state index contributed by atoms with van der Waals surface area (Å²) >= 11 is 0. The van der Waals surface area contributed by atoms with Crippen molar-refractivity contribution >= 4 is 25.7 Å². The number of carbonyl (C=O) groups is 3. The van der Waals surface area contributed by atoms with E-state index in [1.54, 1.807) is 0 Å². The van der Waals surface area contributed by atoms with Crippen LogP contribution < -0.4 is 5.32 Å². The highest BCUT2D eigenvalue weighted by Gasteiger charge is 2.28. The molecule has 0 aromatic heterocycles. The van der Waals surface area contributed by atoms with Gasteiger partial charge in [-0.3, -0.25) is 18.6 Å². The Hall–Kier alpha value is -1.78. The fourth-order valence-electron chi connectivity index (χ4n) is 7.72. The highest BCUT2D eigenvalue weighted by molar-refractivity contribution is 7.47.